The fourth-order valence-electron chi connectivity index (χ4n) is 1.96. The molecule has 2 nitrogen and oxygen atoms in total. The molecule has 0 amide bonds. The van der Waals surface area contributed by atoms with E-state index in [9.17, 15) is 4.39 Å². The molecule has 4 heteroatoms. The third-order valence-electron chi connectivity index (χ3n) is 2.89. The average molecular weight is 350 g/mol. The van der Waals surface area contributed by atoms with Crippen molar-refractivity contribution >= 4 is 22.6 Å². The van der Waals surface area contributed by atoms with Crippen LogP contribution >= 0.6 is 22.6 Å². The highest BCUT2D eigenvalue weighted by Gasteiger charge is 2.20. The monoisotopic (exact) mass is 350 g/mol. The van der Waals surface area contributed by atoms with Crippen LogP contribution in [-0.2, 0) is 9.47 Å². The fourth-order valence-corrected chi connectivity index (χ4v) is 2.67. The Morgan fingerprint density at radius 1 is 1.41 bits per heavy atom. The van der Waals surface area contributed by atoms with Crippen molar-refractivity contribution in [2.75, 3.05) is 17.6 Å². The molecule has 2 rings (SSSR count). The van der Waals surface area contributed by atoms with E-state index in [1.807, 2.05) is 6.07 Å². The minimum Gasteiger partial charge on any atom is -0.381 e. The van der Waals surface area contributed by atoms with Gasteiger partial charge in [0.1, 0.15) is 5.82 Å². The topological polar surface area (TPSA) is 18.5 Å². The smallest absolute Gasteiger partial charge is 0.123 e. The molecule has 0 aromatic heterocycles. The Hall–Kier alpha value is -0.200. The quantitative estimate of drug-likeness (QED) is 0.611. The molecule has 1 fully saturated rings. The molecule has 0 spiro atoms. The molecule has 0 bridgehead atoms. The van der Waals surface area contributed by atoms with Gasteiger partial charge >= 0.3 is 0 Å². The number of alkyl halides is 1. The van der Waals surface area contributed by atoms with Gasteiger partial charge in [0.15, 0.2) is 0 Å². The first-order valence-electron chi connectivity index (χ1n) is 5.84. The van der Waals surface area contributed by atoms with E-state index >= 15 is 0 Å². The normalized spacial score (nSPS) is 19.2. The molecule has 0 saturated carbocycles. The van der Waals surface area contributed by atoms with Gasteiger partial charge in [-0.1, -0.05) is 34.7 Å². The second-order valence-corrected chi connectivity index (χ2v) is 5.03. The zero-order chi connectivity index (χ0) is 12.1. The first-order chi connectivity index (χ1) is 8.29. The molecule has 1 aliphatic heterocycles. The lowest BCUT2D eigenvalue weighted by atomic mass is 10.1. The maximum Gasteiger partial charge on any atom is 0.123 e. The summed E-state index contributed by atoms with van der Waals surface area (Å²) in [5.41, 5.74) is 0.922. The Morgan fingerprint density at radius 2 is 2.18 bits per heavy atom. The standard InChI is InChI=1S/C13H16FIO2/c14-11-3-1-2-10(8-11)13(9-15)17-12-4-6-16-7-5-12/h1-3,8,12-13H,4-7,9H2. The molecular weight excluding hydrogens is 334 g/mol. The summed E-state index contributed by atoms with van der Waals surface area (Å²) in [5, 5.41) is 0. The molecule has 1 aromatic rings. The van der Waals surface area contributed by atoms with Crippen LogP contribution in [0.3, 0.4) is 0 Å². The lowest BCUT2D eigenvalue weighted by Gasteiger charge is -2.27. The van der Waals surface area contributed by atoms with E-state index in [4.69, 9.17) is 9.47 Å². The molecule has 1 aliphatic rings. The first kappa shape index (κ1) is 13.2. The van der Waals surface area contributed by atoms with Gasteiger partial charge in [0, 0.05) is 17.6 Å². The highest BCUT2D eigenvalue weighted by molar-refractivity contribution is 14.1. The molecule has 1 saturated heterocycles. The van der Waals surface area contributed by atoms with Crippen molar-refractivity contribution in [3.05, 3.63) is 35.6 Å². The van der Waals surface area contributed by atoms with Gasteiger partial charge in [-0.2, -0.15) is 0 Å². The number of hydrogen-bond donors (Lipinski definition) is 0. The van der Waals surface area contributed by atoms with Crippen LogP contribution in [0.2, 0.25) is 0 Å². The van der Waals surface area contributed by atoms with Crippen molar-refractivity contribution in [2.45, 2.75) is 25.0 Å². The van der Waals surface area contributed by atoms with Gasteiger partial charge < -0.3 is 9.47 Å². The molecule has 0 radical (unpaired) electrons. The Balaban J connectivity index is 2.00. The van der Waals surface area contributed by atoms with Crippen molar-refractivity contribution in [1.29, 1.82) is 0 Å². The minimum atomic E-state index is -0.201. The predicted molar refractivity (Wildman–Crippen MR) is 73.0 cm³/mol. The van der Waals surface area contributed by atoms with E-state index in [0.29, 0.717) is 0 Å². The lowest BCUT2D eigenvalue weighted by molar-refractivity contribution is -0.0612. The lowest BCUT2D eigenvalue weighted by Crippen LogP contribution is -2.25. The molecule has 1 unspecified atom stereocenters. The van der Waals surface area contributed by atoms with E-state index < -0.39 is 0 Å². The number of hydrogen-bond acceptors (Lipinski definition) is 2. The van der Waals surface area contributed by atoms with Gasteiger partial charge in [0.05, 0.1) is 12.2 Å². The second-order valence-electron chi connectivity index (χ2n) is 4.15. The largest absolute Gasteiger partial charge is 0.381 e. The molecule has 1 atom stereocenters. The van der Waals surface area contributed by atoms with Gasteiger partial charge in [-0.25, -0.2) is 4.39 Å². The summed E-state index contributed by atoms with van der Waals surface area (Å²) >= 11 is 2.28. The zero-order valence-corrected chi connectivity index (χ0v) is 11.7. The summed E-state index contributed by atoms with van der Waals surface area (Å²) in [5.74, 6) is -0.201. The van der Waals surface area contributed by atoms with E-state index in [0.717, 1.165) is 36.0 Å². The summed E-state index contributed by atoms with van der Waals surface area (Å²) < 4.78 is 25.3. The third-order valence-corrected chi connectivity index (χ3v) is 3.69. The van der Waals surface area contributed by atoms with Crippen LogP contribution in [0.25, 0.3) is 0 Å². The maximum atomic E-state index is 13.2. The van der Waals surface area contributed by atoms with Crippen molar-refractivity contribution in [2.24, 2.45) is 0 Å². The number of halogens is 2. The summed E-state index contributed by atoms with van der Waals surface area (Å²) in [6.07, 6.45) is 2.09. The van der Waals surface area contributed by atoms with Gasteiger partial charge in [-0.15, -0.1) is 0 Å². The SMILES string of the molecule is Fc1cccc(C(CI)OC2CCOCC2)c1. The van der Waals surface area contributed by atoms with E-state index in [1.54, 1.807) is 12.1 Å². The Labute approximate surface area is 115 Å². The highest BCUT2D eigenvalue weighted by atomic mass is 127. The van der Waals surface area contributed by atoms with Crippen molar-refractivity contribution < 1.29 is 13.9 Å². The first-order valence-corrected chi connectivity index (χ1v) is 7.37. The van der Waals surface area contributed by atoms with Crippen LogP contribution in [0.4, 0.5) is 4.39 Å². The van der Waals surface area contributed by atoms with Crippen LogP contribution in [0.5, 0.6) is 0 Å². The Bertz CT molecular complexity index is 353. The van der Waals surface area contributed by atoms with Crippen LogP contribution in [0.15, 0.2) is 24.3 Å². The van der Waals surface area contributed by atoms with Crippen LogP contribution in [0, 0.1) is 5.82 Å². The predicted octanol–water partition coefficient (Wildman–Crippen LogP) is 3.50. The molecule has 17 heavy (non-hydrogen) atoms. The molecule has 0 N–H and O–H groups in total. The maximum absolute atomic E-state index is 13.2. The second kappa shape index (κ2) is 6.66. The highest BCUT2D eigenvalue weighted by Crippen LogP contribution is 2.25. The summed E-state index contributed by atoms with van der Waals surface area (Å²) in [6, 6.07) is 6.67. The number of rotatable bonds is 4. The molecule has 1 aromatic carbocycles. The Morgan fingerprint density at radius 3 is 2.82 bits per heavy atom. The molecule has 1 heterocycles. The number of ether oxygens (including phenoxy) is 2. The van der Waals surface area contributed by atoms with Crippen LogP contribution in [0.1, 0.15) is 24.5 Å². The van der Waals surface area contributed by atoms with Gasteiger partial charge in [-0.05, 0) is 30.5 Å². The van der Waals surface area contributed by atoms with E-state index in [-0.39, 0.29) is 18.0 Å². The van der Waals surface area contributed by atoms with Crippen LogP contribution < -0.4 is 0 Å². The third kappa shape index (κ3) is 3.89. The van der Waals surface area contributed by atoms with Crippen LogP contribution in [-0.4, -0.2) is 23.7 Å². The number of benzene rings is 1. The average Bonchev–Trinajstić information content (AvgIpc) is 2.37. The van der Waals surface area contributed by atoms with Crippen molar-refractivity contribution in [3.63, 3.8) is 0 Å². The van der Waals surface area contributed by atoms with E-state index in [1.165, 1.54) is 6.07 Å². The fraction of sp³-hybridized carbons (Fsp3) is 0.538. The van der Waals surface area contributed by atoms with E-state index in [2.05, 4.69) is 22.6 Å². The van der Waals surface area contributed by atoms with Crippen molar-refractivity contribution in [1.82, 2.24) is 0 Å². The summed E-state index contributed by atoms with van der Waals surface area (Å²) in [7, 11) is 0. The summed E-state index contributed by atoms with van der Waals surface area (Å²) in [4.78, 5) is 0. The van der Waals surface area contributed by atoms with Gasteiger partial charge in [0.2, 0.25) is 0 Å². The van der Waals surface area contributed by atoms with Gasteiger partial charge in [0.25, 0.3) is 0 Å². The summed E-state index contributed by atoms with van der Waals surface area (Å²) in [6.45, 7) is 1.53. The molecular formula is C13H16FIO2. The Kier molecular flexibility index (Phi) is 5.18. The molecule has 94 valence electrons. The zero-order valence-electron chi connectivity index (χ0n) is 9.57. The van der Waals surface area contributed by atoms with Gasteiger partial charge in [-0.3, -0.25) is 0 Å². The van der Waals surface area contributed by atoms with Crippen molar-refractivity contribution in [3.8, 4) is 0 Å². The minimum absolute atomic E-state index is 0.0191. The molecule has 0 aliphatic carbocycles.